The molecule has 0 aliphatic rings. The number of nitrogens with one attached hydrogen (secondary N) is 1. The third-order valence-electron chi connectivity index (χ3n) is 3.71. The van der Waals surface area contributed by atoms with Crippen LogP contribution in [-0.4, -0.2) is 35.6 Å². The average molecular weight is 356 g/mol. The summed E-state index contributed by atoms with van der Waals surface area (Å²) in [6.45, 7) is 4.61. The van der Waals surface area contributed by atoms with E-state index in [9.17, 15) is 9.59 Å². The second-order valence-corrected chi connectivity index (χ2v) is 6.83. The quantitative estimate of drug-likeness (QED) is 0.728. The van der Waals surface area contributed by atoms with E-state index in [1.165, 1.54) is 11.8 Å². The molecule has 0 aliphatic carbocycles. The van der Waals surface area contributed by atoms with Crippen molar-refractivity contribution in [2.45, 2.75) is 25.2 Å². The Kier molecular flexibility index (Phi) is 7.54. The summed E-state index contributed by atoms with van der Waals surface area (Å²) in [6, 6.07) is 17.4. The lowest BCUT2D eigenvalue weighted by Gasteiger charge is -2.21. The number of amides is 2. The van der Waals surface area contributed by atoms with Crippen LogP contribution in [0.25, 0.3) is 0 Å². The molecule has 2 aromatic rings. The first-order valence-electron chi connectivity index (χ1n) is 8.41. The summed E-state index contributed by atoms with van der Waals surface area (Å²) >= 11 is 1.49. The van der Waals surface area contributed by atoms with Crippen LogP contribution in [0.4, 0.5) is 5.69 Å². The Bertz CT molecular complexity index is 704. The van der Waals surface area contributed by atoms with Gasteiger partial charge in [-0.05, 0) is 37.1 Å². The fourth-order valence-electron chi connectivity index (χ4n) is 2.39. The maximum absolute atomic E-state index is 12.5. The predicted molar refractivity (Wildman–Crippen MR) is 104 cm³/mol. The van der Waals surface area contributed by atoms with Gasteiger partial charge in [0, 0.05) is 17.1 Å². The van der Waals surface area contributed by atoms with Crippen molar-refractivity contribution < 1.29 is 9.59 Å². The van der Waals surface area contributed by atoms with Crippen LogP contribution < -0.4 is 5.32 Å². The van der Waals surface area contributed by atoms with Crippen LogP contribution >= 0.6 is 11.8 Å². The summed E-state index contributed by atoms with van der Waals surface area (Å²) in [5, 5.41) is 2.89. The second kappa shape index (κ2) is 9.89. The fourth-order valence-corrected chi connectivity index (χ4v) is 3.21. The molecule has 1 N–H and O–H groups in total. The van der Waals surface area contributed by atoms with Crippen molar-refractivity contribution in [1.29, 1.82) is 0 Å². The number of benzene rings is 2. The molecule has 5 heteroatoms. The Morgan fingerprint density at radius 2 is 1.72 bits per heavy atom. The van der Waals surface area contributed by atoms with Crippen LogP contribution in [0.1, 0.15) is 18.9 Å². The number of hydrogen-bond donors (Lipinski definition) is 1. The maximum Gasteiger partial charge on any atom is 0.244 e. The van der Waals surface area contributed by atoms with Crippen molar-refractivity contribution in [2.24, 2.45) is 0 Å². The standard InChI is InChI=1S/C20H24N2O2S/c1-3-13-22(20(24)15-25-17-10-5-4-6-11-17)14-19(23)21-18-12-8-7-9-16(18)2/h4-12H,3,13-15H2,1-2H3,(H,21,23). The van der Waals surface area contributed by atoms with Crippen LogP contribution in [0, 0.1) is 6.92 Å². The van der Waals surface area contributed by atoms with Gasteiger partial charge in [-0.3, -0.25) is 9.59 Å². The molecule has 25 heavy (non-hydrogen) atoms. The highest BCUT2D eigenvalue weighted by molar-refractivity contribution is 8.00. The topological polar surface area (TPSA) is 49.4 Å². The predicted octanol–water partition coefficient (Wildman–Crippen LogP) is 3.96. The van der Waals surface area contributed by atoms with E-state index in [-0.39, 0.29) is 18.4 Å². The van der Waals surface area contributed by atoms with E-state index < -0.39 is 0 Å². The van der Waals surface area contributed by atoms with E-state index in [1.807, 2.05) is 68.4 Å². The highest BCUT2D eigenvalue weighted by atomic mass is 32.2. The van der Waals surface area contributed by atoms with Gasteiger partial charge in [0.05, 0.1) is 12.3 Å². The van der Waals surface area contributed by atoms with Gasteiger partial charge in [-0.2, -0.15) is 0 Å². The molecule has 0 aromatic heterocycles. The van der Waals surface area contributed by atoms with Crippen LogP contribution in [0.3, 0.4) is 0 Å². The molecule has 132 valence electrons. The van der Waals surface area contributed by atoms with E-state index in [2.05, 4.69) is 5.32 Å². The molecule has 0 saturated heterocycles. The zero-order valence-corrected chi connectivity index (χ0v) is 15.5. The Hall–Kier alpha value is -2.27. The molecule has 0 fully saturated rings. The SMILES string of the molecule is CCCN(CC(=O)Nc1ccccc1C)C(=O)CSc1ccccc1. The smallest absolute Gasteiger partial charge is 0.244 e. The Morgan fingerprint density at radius 1 is 1.04 bits per heavy atom. The van der Waals surface area contributed by atoms with Crippen molar-refractivity contribution in [1.82, 2.24) is 4.90 Å². The van der Waals surface area contributed by atoms with E-state index in [0.29, 0.717) is 12.3 Å². The highest BCUT2D eigenvalue weighted by Gasteiger charge is 2.17. The number of rotatable bonds is 8. The molecule has 0 heterocycles. The van der Waals surface area contributed by atoms with Crippen molar-refractivity contribution in [2.75, 3.05) is 24.2 Å². The highest BCUT2D eigenvalue weighted by Crippen LogP contribution is 2.18. The molecular weight excluding hydrogens is 332 g/mol. The molecule has 2 amide bonds. The van der Waals surface area contributed by atoms with E-state index in [4.69, 9.17) is 0 Å². The minimum atomic E-state index is -0.166. The fraction of sp³-hybridized carbons (Fsp3) is 0.300. The average Bonchev–Trinajstić information content (AvgIpc) is 2.62. The first kappa shape index (κ1) is 19.1. The third kappa shape index (κ3) is 6.27. The third-order valence-corrected chi connectivity index (χ3v) is 4.70. The van der Waals surface area contributed by atoms with Crippen LogP contribution in [0.2, 0.25) is 0 Å². The number of hydrogen-bond acceptors (Lipinski definition) is 3. The van der Waals surface area contributed by atoms with Crippen LogP contribution in [0.15, 0.2) is 59.5 Å². The zero-order valence-electron chi connectivity index (χ0n) is 14.7. The number of anilines is 1. The van der Waals surface area contributed by atoms with Crippen molar-refractivity contribution >= 4 is 29.3 Å². The van der Waals surface area contributed by atoms with Gasteiger partial charge in [0.2, 0.25) is 11.8 Å². The summed E-state index contributed by atoms with van der Waals surface area (Å²) in [7, 11) is 0. The zero-order chi connectivity index (χ0) is 18.1. The number of aryl methyl sites for hydroxylation is 1. The van der Waals surface area contributed by atoms with Crippen molar-refractivity contribution in [3.63, 3.8) is 0 Å². The number of carbonyl (C=O) groups excluding carboxylic acids is 2. The number of nitrogens with zero attached hydrogens (tertiary/aromatic N) is 1. The van der Waals surface area contributed by atoms with Gasteiger partial charge >= 0.3 is 0 Å². The lowest BCUT2D eigenvalue weighted by Crippen LogP contribution is -2.39. The minimum Gasteiger partial charge on any atom is -0.333 e. The van der Waals surface area contributed by atoms with Crippen LogP contribution in [-0.2, 0) is 9.59 Å². The van der Waals surface area contributed by atoms with E-state index in [1.54, 1.807) is 4.90 Å². The summed E-state index contributed by atoms with van der Waals surface area (Å²) in [5.74, 6) is 0.151. The summed E-state index contributed by atoms with van der Waals surface area (Å²) in [5.41, 5.74) is 1.79. The van der Waals surface area contributed by atoms with Crippen LogP contribution in [0.5, 0.6) is 0 Å². The first-order chi connectivity index (χ1) is 12.1. The molecule has 0 radical (unpaired) electrons. The number of para-hydroxylation sites is 1. The van der Waals surface area contributed by atoms with Gasteiger partial charge in [0.15, 0.2) is 0 Å². The van der Waals surface area contributed by atoms with Gasteiger partial charge in [0.25, 0.3) is 0 Å². The van der Waals surface area contributed by atoms with Gasteiger partial charge in [-0.25, -0.2) is 0 Å². The monoisotopic (exact) mass is 356 g/mol. The molecule has 0 spiro atoms. The van der Waals surface area contributed by atoms with Crippen molar-refractivity contribution in [3.8, 4) is 0 Å². The molecule has 4 nitrogen and oxygen atoms in total. The van der Waals surface area contributed by atoms with Gasteiger partial charge in [-0.15, -0.1) is 11.8 Å². The minimum absolute atomic E-state index is 0.0179. The molecule has 2 aromatic carbocycles. The first-order valence-corrected chi connectivity index (χ1v) is 9.39. The number of carbonyl (C=O) groups is 2. The molecule has 0 bridgehead atoms. The Labute approximate surface area is 153 Å². The Morgan fingerprint density at radius 3 is 2.40 bits per heavy atom. The molecule has 0 saturated carbocycles. The van der Waals surface area contributed by atoms with E-state index >= 15 is 0 Å². The maximum atomic E-state index is 12.5. The molecule has 0 aliphatic heterocycles. The normalized spacial score (nSPS) is 10.3. The summed E-state index contributed by atoms with van der Waals surface area (Å²) in [6.07, 6.45) is 0.819. The second-order valence-electron chi connectivity index (χ2n) is 5.78. The molecular formula is C20H24N2O2S. The largest absolute Gasteiger partial charge is 0.333 e. The van der Waals surface area contributed by atoms with Gasteiger partial charge in [-0.1, -0.05) is 43.3 Å². The molecule has 0 atom stereocenters. The lowest BCUT2D eigenvalue weighted by atomic mass is 10.2. The van der Waals surface area contributed by atoms with E-state index in [0.717, 1.165) is 22.6 Å². The Balaban J connectivity index is 1.91. The number of thioether (sulfide) groups is 1. The lowest BCUT2D eigenvalue weighted by molar-refractivity contribution is -0.132. The summed E-state index contributed by atoms with van der Waals surface area (Å²) in [4.78, 5) is 27.5. The molecule has 0 unspecified atom stereocenters. The summed E-state index contributed by atoms with van der Waals surface area (Å²) < 4.78 is 0. The van der Waals surface area contributed by atoms with Crippen molar-refractivity contribution in [3.05, 3.63) is 60.2 Å². The molecule has 2 rings (SSSR count). The van der Waals surface area contributed by atoms with Gasteiger partial charge < -0.3 is 10.2 Å². The van der Waals surface area contributed by atoms with Gasteiger partial charge in [0.1, 0.15) is 0 Å².